The number of carbonyl (C=O) groups is 2. The number of thioether (sulfide) groups is 1. The third kappa shape index (κ3) is 4.87. The maximum Gasteiger partial charge on any atom is 0.341 e. The lowest BCUT2D eigenvalue weighted by Crippen LogP contribution is -2.16. The molecule has 0 fully saturated rings. The number of nitrogens with one attached hydrogen (secondary N) is 1. The SMILES string of the molecule is COC(=O)c1c(-c2cc(C)ccc2C)csc1NC(=O)CSc1nnc(-c2cccnc2)n1C. The second-order valence-corrected chi connectivity index (χ2v) is 9.43. The van der Waals surface area contributed by atoms with Crippen molar-refractivity contribution in [3.63, 3.8) is 0 Å². The van der Waals surface area contributed by atoms with Crippen molar-refractivity contribution in [2.75, 3.05) is 18.2 Å². The molecule has 10 heteroatoms. The molecular weight excluding hydrogens is 470 g/mol. The molecule has 0 aliphatic heterocycles. The van der Waals surface area contributed by atoms with E-state index in [1.165, 1.54) is 30.2 Å². The Hall–Kier alpha value is -3.50. The van der Waals surface area contributed by atoms with Gasteiger partial charge in [0, 0.05) is 35.9 Å². The molecule has 1 N–H and O–H groups in total. The minimum absolute atomic E-state index is 0.107. The van der Waals surface area contributed by atoms with Gasteiger partial charge >= 0.3 is 5.97 Å². The standard InChI is InChI=1S/C24H23N5O3S2/c1-14-7-8-15(2)17(10-14)18-12-33-22(20(18)23(31)32-4)26-19(30)13-34-24-28-27-21(29(24)3)16-6-5-9-25-11-16/h5-12H,13H2,1-4H3,(H,26,30). The summed E-state index contributed by atoms with van der Waals surface area (Å²) in [6.07, 6.45) is 3.41. The van der Waals surface area contributed by atoms with Crippen molar-refractivity contribution in [3.8, 4) is 22.5 Å². The van der Waals surface area contributed by atoms with E-state index in [1.54, 1.807) is 12.4 Å². The molecule has 0 spiro atoms. The van der Waals surface area contributed by atoms with Crippen LogP contribution in [0.25, 0.3) is 22.5 Å². The number of pyridine rings is 1. The van der Waals surface area contributed by atoms with Gasteiger partial charge in [0.2, 0.25) is 5.91 Å². The smallest absolute Gasteiger partial charge is 0.341 e. The summed E-state index contributed by atoms with van der Waals surface area (Å²) in [5.74, 6) is 0.0291. The number of anilines is 1. The molecule has 0 aliphatic rings. The molecule has 0 atom stereocenters. The number of rotatable bonds is 7. The van der Waals surface area contributed by atoms with Crippen molar-refractivity contribution in [2.24, 2.45) is 7.05 Å². The van der Waals surface area contributed by atoms with Crippen molar-refractivity contribution >= 4 is 40.0 Å². The molecule has 8 nitrogen and oxygen atoms in total. The maximum absolute atomic E-state index is 12.8. The molecule has 1 aromatic carbocycles. The van der Waals surface area contributed by atoms with Crippen LogP contribution in [0.15, 0.2) is 53.3 Å². The minimum atomic E-state index is -0.491. The largest absolute Gasteiger partial charge is 0.465 e. The number of benzene rings is 1. The number of thiophene rings is 1. The van der Waals surface area contributed by atoms with Gasteiger partial charge in [0.25, 0.3) is 0 Å². The van der Waals surface area contributed by atoms with Crippen molar-refractivity contribution in [2.45, 2.75) is 19.0 Å². The van der Waals surface area contributed by atoms with Crippen LogP contribution < -0.4 is 5.32 Å². The number of nitrogens with zero attached hydrogens (tertiary/aromatic N) is 4. The molecule has 0 aliphatic carbocycles. The van der Waals surface area contributed by atoms with Gasteiger partial charge in [0.05, 0.1) is 12.9 Å². The van der Waals surface area contributed by atoms with E-state index in [0.29, 0.717) is 21.5 Å². The van der Waals surface area contributed by atoms with Gasteiger partial charge in [0.15, 0.2) is 11.0 Å². The number of aryl methyl sites for hydroxylation is 2. The lowest BCUT2D eigenvalue weighted by Gasteiger charge is -2.10. The minimum Gasteiger partial charge on any atom is -0.465 e. The molecule has 3 aromatic heterocycles. The number of carbonyl (C=O) groups excluding carboxylic acids is 2. The summed E-state index contributed by atoms with van der Waals surface area (Å²) in [5, 5.41) is 14.2. The molecular formula is C24H23N5O3S2. The Labute approximate surface area is 205 Å². The first-order valence-electron chi connectivity index (χ1n) is 10.4. The Morgan fingerprint density at radius 3 is 2.74 bits per heavy atom. The lowest BCUT2D eigenvalue weighted by atomic mass is 9.97. The van der Waals surface area contributed by atoms with Crippen LogP contribution in [0.1, 0.15) is 21.5 Å². The van der Waals surface area contributed by atoms with Crippen LogP contribution in [0, 0.1) is 13.8 Å². The zero-order chi connectivity index (χ0) is 24.2. The third-order valence-corrected chi connectivity index (χ3v) is 7.12. The predicted octanol–water partition coefficient (Wildman–Crippen LogP) is 4.74. The summed E-state index contributed by atoms with van der Waals surface area (Å²) in [4.78, 5) is 29.5. The first-order valence-corrected chi connectivity index (χ1v) is 12.3. The van der Waals surface area contributed by atoms with Crippen LogP contribution in [0.2, 0.25) is 0 Å². The Balaban J connectivity index is 1.52. The topological polar surface area (TPSA) is 99.0 Å². The number of amides is 1. The molecule has 174 valence electrons. The molecule has 3 heterocycles. The molecule has 0 saturated carbocycles. The molecule has 34 heavy (non-hydrogen) atoms. The van der Waals surface area contributed by atoms with Crippen molar-refractivity contribution in [1.82, 2.24) is 19.7 Å². The van der Waals surface area contributed by atoms with Gasteiger partial charge in [-0.25, -0.2) is 4.79 Å². The van der Waals surface area contributed by atoms with Crippen molar-refractivity contribution < 1.29 is 14.3 Å². The van der Waals surface area contributed by atoms with Crippen LogP contribution in [0.4, 0.5) is 5.00 Å². The van der Waals surface area contributed by atoms with E-state index >= 15 is 0 Å². The molecule has 0 radical (unpaired) electrons. The van der Waals surface area contributed by atoms with Gasteiger partial charge in [-0.1, -0.05) is 35.5 Å². The van der Waals surface area contributed by atoms with E-state index in [0.717, 1.165) is 27.8 Å². The normalized spacial score (nSPS) is 10.8. The maximum atomic E-state index is 12.8. The van der Waals surface area contributed by atoms with Gasteiger partial charge < -0.3 is 14.6 Å². The number of methoxy groups -OCH3 is 1. The third-order valence-electron chi connectivity index (χ3n) is 5.20. The molecule has 0 bridgehead atoms. The first-order chi connectivity index (χ1) is 16.4. The number of esters is 1. The van der Waals surface area contributed by atoms with Crippen LogP contribution in [0.5, 0.6) is 0 Å². The van der Waals surface area contributed by atoms with E-state index < -0.39 is 5.97 Å². The predicted molar refractivity (Wildman–Crippen MR) is 134 cm³/mol. The van der Waals surface area contributed by atoms with E-state index in [-0.39, 0.29) is 11.7 Å². The lowest BCUT2D eigenvalue weighted by molar-refractivity contribution is -0.113. The summed E-state index contributed by atoms with van der Waals surface area (Å²) < 4.78 is 6.84. The van der Waals surface area contributed by atoms with Crippen LogP contribution in [-0.4, -0.2) is 44.5 Å². The van der Waals surface area contributed by atoms with Gasteiger partial charge in [-0.05, 0) is 37.1 Å². The summed E-state index contributed by atoms with van der Waals surface area (Å²) in [6.45, 7) is 3.99. The quantitative estimate of drug-likeness (QED) is 0.293. The highest BCUT2D eigenvalue weighted by molar-refractivity contribution is 7.99. The number of ether oxygens (including phenoxy) is 1. The number of aromatic nitrogens is 4. The Bertz CT molecular complexity index is 1350. The highest BCUT2D eigenvalue weighted by atomic mass is 32.2. The van der Waals surface area contributed by atoms with E-state index in [9.17, 15) is 9.59 Å². The van der Waals surface area contributed by atoms with E-state index in [2.05, 4.69) is 20.5 Å². The van der Waals surface area contributed by atoms with Crippen molar-refractivity contribution in [1.29, 1.82) is 0 Å². The molecule has 4 rings (SSSR count). The van der Waals surface area contributed by atoms with Gasteiger partial charge in [-0.2, -0.15) is 0 Å². The molecule has 0 saturated heterocycles. The Kier molecular flexibility index (Phi) is 7.09. The highest BCUT2D eigenvalue weighted by Crippen LogP contribution is 2.38. The summed E-state index contributed by atoms with van der Waals surface area (Å²) >= 11 is 2.56. The van der Waals surface area contributed by atoms with Crippen LogP contribution in [0.3, 0.4) is 0 Å². The Morgan fingerprint density at radius 1 is 1.18 bits per heavy atom. The zero-order valence-corrected chi connectivity index (χ0v) is 20.8. The highest BCUT2D eigenvalue weighted by Gasteiger charge is 2.23. The number of hydrogen-bond donors (Lipinski definition) is 1. The Morgan fingerprint density at radius 2 is 2.00 bits per heavy atom. The molecule has 4 aromatic rings. The summed E-state index contributed by atoms with van der Waals surface area (Å²) in [7, 11) is 3.18. The van der Waals surface area contributed by atoms with E-state index in [1.807, 2.05) is 61.2 Å². The molecule has 1 amide bonds. The zero-order valence-electron chi connectivity index (χ0n) is 19.2. The summed E-state index contributed by atoms with van der Waals surface area (Å²) in [5.41, 5.74) is 5.00. The van der Waals surface area contributed by atoms with Crippen LogP contribution >= 0.6 is 23.1 Å². The summed E-state index contributed by atoms with van der Waals surface area (Å²) in [6, 6.07) is 9.79. The second kappa shape index (κ2) is 10.2. The van der Waals surface area contributed by atoms with Crippen LogP contribution in [-0.2, 0) is 16.6 Å². The average molecular weight is 494 g/mol. The fraction of sp³-hybridized carbons (Fsp3) is 0.208. The van der Waals surface area contributed by atoms with Gasteiger partial charge in [-0.15, -0.1) is 21.5 Å². The molecule has 0 unspecified atom stereocenters. The van der Waals surface area contributed by atoms with E-state index in [4.69, 9.17) is 4.74 Å². The monoisotopic (exact) mass is 493 g/mol. The average Bonchev–Trinajstić information content (AvgIpc) is 3.42. The van der Waals surface area contributed by atoms with Gasteiger partial charge in [0.1, 0.15) is 10.6 Å². The second-order valence-electron chi connectivity index (χ2n) is 7.61. The number of hydrogen-bond acceptors (Lipinski definition) is 8. The van der Waals surface area contributed by atoms with Crippen molar-refractivity contribution in [3.05, 3.63) is 64.8 Å². The first kappa shape index (κ1) is 23.7. The fourth-order valence-electron chi connectivity index (χ4n) is 3.46. The van der Waals surface area contributed by atoms with Gasteiger partial charge in [-0.3, -0.25) is 9.78 Å². The fourth-order valence-corrected chi connectivity index (χ4v) is 5.13.